The molecule has 43 heavy (non-hydrogen) atoms. The molecular weight excluding hydrogens is 536 g/mol. The van der Waals surface area contributed by atoms with E-state index in [4.69, 9.17) is 4.74 Å². The van der Waals surface area contributed by atoms with Crippen LogP contribution in [0.1, 0.15) is 106 Å². The van der Waals surface area contributed by atoms with E-state index in [2.05, 4.69) is 45.0 Å². The van der Waals surface area contributed by atoms with Crippen LogP contribution in [0.2, 0.25) is 0 Å². The van der Waals surface area contributed by atoms with Gasteiger partial charge in [-0.3, -0.25) is 19.2 Å². The number of ketones is 4. The smallest absolute Gasteiger partial charge is 0.229 e. The molecule has 2 aliphatic carbocycles. The SMILES string of the molecule is COc1cc2c(cc1C(=O)C1CC(C)C(Cc3ccc(C)cc3)C[C@H]1C)C(C(=O)C(=O)C(C)C)=CC2C(=O)CC(C)(C)C. The van der Waals surface area contributed by atoms with Gasteiger partial charge in [0.25, 0.3) is 0 Å². The molecule has 0 aromatic heterocycles. The number of rotatable bonds is 10. The average molecular weight is 585 g/mol. The van der Waals surface area contributed by atoms with Crippen LogP contribution < -0.4 is 4.74 Å². The van der Waals surface area contributed by atoms with Crippen molar-refractivity contribution in [2.24, 2.45) is 35.0 Å². The molecule has 0 N–H and O–H groups in total. The van der Waals surface area contributed by atoms with Gasteiger partial charge >= 0.3 is 0 Å². The van der Waals surface area contributed by atoms with E-state index in [0.717, 1.165) is 19.3 Å². The van der Waals surface area contributed by atoms with Gasteiger partial charge in [-0.15, -0.1) is 0 Å². The Hall–Kier alpha value is -3.34. The molecule has 0 heterocycles. The van der Waals surface area contributed by atoms with Gasteiger partial charge in [0.05, 0.1) is 18.6 Å². The van der Waals surface area contributed by atoms with Gasteiger partial charge in [-0.25, -0.2) is 0 Å². The zero-order valence-electron chi connectivity index (χ0n) is 27.4. The number of methoxy groups -OCH3 is 1. The lowest BCUT2D eigenvalue weighted by Crippen LogP contribution is -2.35. The first-order valence-corrected chi connectivity index (χ1v) is 15.8. The molecule has 0 amide bonds. The van der Waals surface area contributed by atoms with Gasteiger partial charge in [0.2, 0.25) is 11.6 Å². The number of aryl methyl sites for hydroxylation is 1. The number of carbonyl (C=O) groups excluding carboxylic acids is 4. The van der Waals surface area contributed by atoms with E-state index in [9.17, 15) is 19.2 Å². The fraction of sp³-hybridized carbons (Fsp3) is 0.526. The Morgan fingerprint density at radius 1 is 0.953 bits per heavy atom. The second-order valence-corrected chi connectivity index (χ2v) is 14.6. The average Bonchev–Trinajstić information content (AvgIpc) is 3.31. The first kappa shape index (κ1) is 32.6. The molecule has 0 spiro atoms. The zero-order chi connectivity index (χ0) is 31.8. The molecule has 5 heteroatoms. The summed E-state index contributed by atoms with van der Waals surface area (Å²) < 4.78 is 5.76. The molecular formula is C38H48O5. The molecule has 230 valence electrons. The lowest BCUT2D eigenvalue weighted by molar-refractivity contribution is -0.135. The number of ether oxygens (including phenoxy) is 1. The molecule has 4 rings (SSSR count). The lowest BCUT2D eigenvalue weighted by Gasteiger charge is -2.38. The van der Waals surface area contributed by atoms with Gasteiger partial charge in [0.15, 0.2) is 5.78 Å². The van der Waals surface area contributed by atoms with Crippen LogP contribution in [-0.2, 0) is 20.8 Å². The van der Waals surface area contributed by atoms with E-state index < -0.39 is 23.4 Å². The fourth-order valence-corrected chi connectivity index (χ4v) is 6.86. The Morgan fingerprint density at radius 2 is 1.60 bits per heavy atom. The van der Waals surface area contributed by atoms with Crippen molar-refractivity contribution >= 4 is 28.7 Å². The minimum absolute atomic E-state index is 0.000705. The van der Waals surface area contributed by atoms with Crippen LogP contribution in [0.5, 0.6) is 5.75 Å². The Kier molecular flexibility index (Phi) is 9.63. The summed E-state index contributed by atoms with van der Waals surface area (Å²) in [4.78, 5) is 53.9. The van der Waals surface area contributed by atoms with Crippen LogP contribution >= 0.6 is 0 Å². The van der Waals surface area contributed by atoms with Crippen LogP contribution in [-0.4, -0.2) is 30.2 Å². The van der Waals surface area contributed by atoms with Crippen LogP contribution in [0, 0.1) is 41.9 Å². The summed E-state index contributed by atoms with van der Waals surface area (Å²) in [7, 11) is 1.53. The molecule has 1 saturated carbocycles. The summed E-state index contributed by atoms with van der Waals surface area (Å²) in [5, 5.41) is 0. The quantitative estimate of drug-likeness (QED) is 0.209. The summed E-state index contributed by atoms with van der Waals surface area (Å²) >= 11 is 0. The van der Waals surface area contributed by atoms with Crippen molar-refractivity contribution < 1.29 is 23.9 Å². The minimum Gasteiger partial charge on any atom is -0.496 e. The van der Waals surface area contributed by atoms with Crippen molar-refractivity contribution in [2.75, 3.05) is 7.11 Å². The highest BCUT2D eigenvalue weighted by Crippen LogP contribution is 2.45. The largest absolute Gasteiger partial charge is 0.496 e. The van der Waals surface area contributed by atoms with E-state index >= 15 is 0 Å². The molecule has 4 unspecified atom stereocenters. The van der Waals surface area contributed by atoms with E-state index in [1.165, 1.54) is 18.2 Å². The van der Waals surface area contributed by atoms with Crippen molar-refractivity contribution in [2.45, 2.75) is 87.0 Å². The maximum atomic E-state index is 14.2. The highest BCUT2D eigenvalue weighted by molar-refractivity contribution is 6.55. The van der Waals surface area contributed by atoms with Gasteiger partial charge in [0.1, 0.15) is 11.5 Å². The fourth-order valence-electron chi connectivity index (χ4n) is 6.86. The van der Waals surface area contributed by atoms with Crippen molar-refractivity contribution in [3.63, 3.8) is 0 Å². The molecule has 2 aromatic rings. The topological polar surface area (TPSA) is 77.5 Å². The third-order valence-corrected chi connectivity index (χ3v) is 9.39. The van der Waals surface area contributed by atoms with Gasteiger partial charge < -0.3 is 4.74 Å². The second kappa shape index (κ2) is 12.7. The summed E-state index contributed by atoms with van der Waals surface area (Å²) in [6.45, 7) is 15.9. The van der Waals surface area contributed by atoms with Crippen molar-refractivity contribution in [1.29, 1.82) is 0 Å². The zero-order valence-corrected chi connectivity index (χ0v) is 27.4. The summed E-state index contributed by atoms with van der Waals surface area (Å²) in [5.74, 6) is -1.00. The first-order chi connectivity index (χ1) is 20.1. The van der Waals surface area contributed by atoms with Gasteiger partial charge in [0, 0.05) is 23.8 Å². The van der Waals surface area contributed by atoms with Gasteiger partial charge in [-0.05, 0) is 78.2 Å². The summed E-state index contributed by atoms with van der Waals surface area (Å²) in [6, 6.07) is 12.2. The van der Waals surface area contributed by atoms with Crippen LogP contribution in [0.4, 0.5) is 0 Å². The maximum absolute atomic E-state index is 14.2. The minimum atomic E-state index is -0.664. The summed E-state index contributed by atoms with van der Waals surface area (Å²) in [5.41, 5.74) is 4.12. The van der Waals surface area contributed by atoms with Crippen molar-refractivity contribution in [3.8, 4) is 5.75 Å². The highest BCUT2D eigenvalue weighted by Gasteiger charge is 2.40. The van der Waals surface area contributed by atoms with E-state index in [0.29, 0.717) is 40.7 Å². The predicted octanol–water partition coefficient (Wildman–Crippen LogP) is 8.01. The Morgan fingerprint density at radius 3 is 2.19 bits per heavy atom. The molecule has 0 bridgehead atoms. The predicted molar refractivity (Wildman–Crippen MR) is 171 cm³/mol. The molecule has 1 fully saturated rings. The Balaban J connectivity index is 1.67. The van der Waals surface area contributed by atoms with Crippen molar-refractivity contribution in [3.05, 3.63) is 70.3 Å². The third kappa shape index (κ3) is 7.08. The van der Waals surface area contributed by atoms with E-state index in [1.807, 2.05) is 20.8 Å². The Bertz CT molecular complexity index is 1440. The monoisotopic (exact) mass is 584 g/mol. The molecule has 0 saturated heterocycles. The van der Waals surface area contributed by atoms with Gasteiger partial charge in [-0.1, -0.05) is 84.4 Å². The molecule has 2 aliphatic rings. The molecule has 5 nitrogen and oxygen atoms in total. The first-order valence-electron chi connectivity index (χ1n) is 15.8. The maximum Gasteiger partial charge on any atom is 0.229 e. The molecule has 5 atom stereocenters. The van der Waals surface area contributed by atoms with E-state index in [1.54, 1.807) is 32.1 Å². The number of allylic oxidation sites excluding steroid dienone is 2. The molecule has 2 aromatic carbocycles. The van der Waals surface area contributed by atoms with E-state index in [-0.39, 0.29) is 34.4 Å². The lowest BCUT2D eigenvalue weighted by atomic mass is 9.66. The highest BCUT2D eigenvalue weighted by atomic mass is 16.5. The van der Waals surface area contributed by atoms with Gasteiger partial charge in [-0.2, -0.15) is 0 Å². The number of hydrogen-bond donors (Lipinski definition) is 0. The summed E-state index contributed by atoms with van der Waals surface area (Å²) in [6.07, 6.45) is 4.68. The van der Waals surface area contributed by atoms with Crippen LogP contribution in [0.25, 0.3) is 5.57 Å². The number of carbonyl (C=O) groups is 4. The van der Waals surface area contributed by atoms with Crippen LogP contribution in [0.3, 0.4) is 0 Å². The standard InChI is InChI=1S/C38H48O5/c1-21(2)35(40)37(42)31-18-30(33(39)20-38(6,7)8)29-19-34(43-9)32(17-28(29)31)36(41)27-15-23(4)26(14-24(27)5)16-25-12-10-22(3)11-13-25/h10-13,17-19,21,23-24,26-27,30H,14-16,20H2,1-9H3/t23?,24-,26?,27?,30?/m1/s1. The normalized spacial score (nSPS) is 23.5. The number of Topliss-reactive ketones (excluding diaryl/α,β-unsaturated/α-hetero) is 4. The second-order valence-electron chi connectivity index (χ2n) is 14.6. The number of hydrogen-bond acceptors (Lipinski definition) is 5. The van der Waals surface area contributed by atoms with Crippen LogP contribution in [0.15, 0.2) is 42.5 Å². The Labute approximate surface area is 257 Å². The number of fused-ring (bicyclic) bond motifs is 1. The molecule has 0 radical (unpaired) electrons. The van der Waals surface area contributed by atoms with Crippen molar-refractivity contribution in [1.82, 2.24) is 0 Å². The third-order valence-electron chi connectivity index (χ3n) is 9.39. The molecule has 0 aliphatic heterocycles. The number of benzene rings is 2.